The van der Waals surface area contributed by atoms with Crippen molar-refractivity contribution in [3.05, 3.63) is 0 Å². The topological polar surface area (TPSA) is 115 Å². The first kappa shape index (κ1) is 14.3. The summed E-state index contributed by atoms with van der Waals surface area (Å²) >= 11 is 0. The predicted molar refractivity (Wildman–Crippen MR) is 60.1 cm³/mol. The summed E-state index contributed by atoms with van der Waals surface area (Å²) in [5.74, 6) is -0.913. The number of unbranched alkanes of at least 4 members (excludes halogenated alkanes) is 4. The second kappa shape index (κ2) is 8.64. The first-order valence-electron chi connectivity index (χ1n) is 5.53. The number of hydrogen-bond donors (Lipinski definition) is 4. The molecule has 15 heavy (non-hydrogen) atoms. The lowest BCUT2D eigenvalue weighted by molar-refractivity contribution is -0.138. The van der Waals surface area contributed by atoms with Crippen LogP contribution in [0.15, 0.2) is 0 Å². The molecule has 0 radical (unpaired) electrons. The summed E-state index contributed by atoms with van der Waals surface area (Å²) in [6.07, 6.45) is 6.36. The van der Waals surface area contributed by atoms with Crippen LogP contribution in [-0.2, 0) is 4.79 Å². The Balaban J connectivity index is 3.15. The summed E-state index contributed by atoms with van der Waals surface area (Å²) in [4.78, 5) is 10.4. The summed E-state index contributed by atoms with van der Waals surface area (Å²) < 4.78 is 0. The van der Waals surface area contributed by atoms with Crippen LogP contribution in [0.4, 0.5) is 0 Å². The van der Waals surface area contributed by atoms with Gasteiger partial charge in [-0.05, 0) is 12.8 Å². The van der Waals surface area contributed by atoms with E-state index in [0.717, 1.165) is 38.5 Å². The molecule has 0 bridgehead atoms. The third-order valence-electron chi connectivity index (χ3n) is 2.37. The standard InChI is InChI=1S/C10H23N3O2/c11-8(10(14)15)6-4-2-1-3-5-7-9(12)13/h8-9H,1-7,11-13H2,(H,14,15). The largest absolute Gasteiger partial charge is 0.480 e. The maximum atomic E-state index is 10.4. The number of nitrogens with two attached hydrogens (primary N) is 3. The molecule has 0 heterocycles. The molecule has 7 N–H and O–H groups in total. The van der Waals surface area contributed by atoms with Gasteiger partial charge in [-0.15, -0.1) is 0 Å². The first-order chi connectivity index (χ1) is 7.04. The molecular weight excluding hydrogens is 194 g/mol. The molecule has 0 aliphatic carbocycles. The van der Waals surface area contributed by atoms with E-state index in [1.165, 1.54) is 0 Å². The molecule has 0 fully saturated rings. The van der Waals surface area contributed by atoms with E-state index in [4.69, 9.17) is 22.3 Å². The van der Waals surface area contributed by atoms with E-state index in [1.807, 2.05) is 0 Å². The van der Waals surface area contributed by atoms with Crippen LogP contribution in [0.5, 0.6) is 0 Å². The van der Waals surface area contributed by atoms with Gasteiger partial charge in [-0.25, -0.2) is 0 Å². The van der Waals surface area contributed by atoms with Gasteiger partial charge in [0.15, 0.2) is 0 Å². The fourth-order valence-electron chi connectivity index (χ4n) is 1.40. The van der Waals surface area contributed by atoms with E-state index in [0.29, 0.717) is 6.42 Å². The number of carbonyl (C=O) groups is 1. The number of carboxylic acid groups (broad SMARTS) is 1. The van der Waals surface area contributed by atoms with E-state index < -0.39 is 12.0 Å². The molecular formula is C10H23N3O2. The van der Waals surface area contributed by atoms with Gasteiger partial charge in [0.25, 0.3) is 0 Å². The minimum atomic E-state index is -0.913. The molecule has 0 aliphatic heterocycles. The second-order valence-electron chi connectivity index (χ2n) is 3.95. The maximum absolute atomic E-state index is 10.4. The summed E-state index contributed by atoms with van der Waals surface area (Å²) in [5, 5.41) is 8.53. The van der Waals surface area contributed by atoms with Gasteiger partial charge in [-0.3, -0.25) is 4.79 Å². The number of aliphatic carboxylic acids is 1. The minimum Gasteiger partial charge on any atom is -0.480 e. The van der Waals surface area contributed by atoms with Gasteiger partial charge >= 0.3 is 5.97 Å². The number of rotatable bonds is 9. The number of hydrogen-bond acceptors (Lipinski definition) is 4. The Hall–Kier alpha value is -0.650. The monoisotopic (exact) mass is 217 g/mol. The zero-order valence-corrected chi connectivity index (χ0v) is 9.19. The Morgan fingerprint density at radius 3 is 1.87 bits per heavy atom. The lowest BCUT2D eigenvalue weighted by Gasteiger charge is -2.06. The quantitative estimate of drug-likeness (QED) is 0.329. The fourth-order valence-corrected chi connectivity index (χ4v) is 1.40. The molecule has 5 heteroatoms. The molecule has 0 aliphatic rings. The van der Waals surface area contributed by atoms with E-state index in [2.05, 4.69) is 0 Å². The Morgan fingerprint density at radius 2 is 1.40 bits per heavy atom. The van der Waals surface area contributed by atoms with E-state index in [1.54, 1.807) is 0 Å². The lowest BCUT2D eigenvalue weighted by Crippen LogP contribution is -2.30. The molecule has 0 saturated heterocycles. The predicted octanol–water partition coefficient (Wildman–Crippen LogP) is 0.372. The minimum absolute atomic E-state index is 0.203. The maximum Gasteiger partial charge on any atom is 0.320 e. The van der Waals surface area contributed by atoms with Gasteiger partial charge in [-0.1, -0.05) is 32.1 Å². The van der Waals surface area contributed by atoms with E-state index >= 15 is 0 Å². The van der Waals surface area contributed by atoms with Crippen molar-refractivity contribution in [1.29, 1.82) is 0 Å². The molecule has 0 aromatic carbocycles. The summed E-state index contributed by atoms with van der Waals surface area (Å²) in [5.41, 5.74) is 16.2. The fraction of sp³-hybridized carbons (Fsp3) is 0.900. The molecule has 0 aromatic heterocycles. The normalized spacial score (nSPS) is 13.1. The molecule has 5 nitrogen and oxygen atoms in total. The molecule has 1 unspecified atom stereocenters. The van der Waals surface area contributed by atoms with Crippen molar-refractivity contribution in [2.24, 2.45) is 17.2 Å². The SMILES string of the molecule is NC(N)CCCCCCCC(N)C(=O)O. The molecule has 1 atom stereocenters. The van der Waals surface area contributed by atoms with Crippen molar-refractivity contribution < 1.29 is 9.90 Å². The average Bonchev–Trinajstić information content (AvgIpc) is 2.15. The Labute approximate surface area is 91.0 Å². The van der Waals surface area contributed by atoms with Gasteiger partial charge in [0.05, 0.1) is 6.17 Å². The summed E-state index contributed by atoms with van der Waals surface area (Å²) in [6, 6.07) is -0.706. The van der Waals surface area contributed by atoms with Gasteiger partial charge in [-0.2, -0.15) is 0 Å². The third-order valence-corrected chi connectivity index (χ3v) is 2.37. The molecule has 0 saturated carbocycles. The highest BCUT2D eigenvalue weighted by molar-refractivity contribution is 5.72. The highest BCUT2D eigenvalue weighted by Crippen LogP contribution is 2.08. The number of carboxylic acids is 1. The van der Waals surface area contributed by atoms with Gasteiger partial charge in [0.2, 0.25) is 0 Å². The van der Waals surface area contributed by atoms with Crippen molar-refractivity contribution in [1.82, 2.24) is 0 Å². The zero-order valence-electron chi connectivity index (χ0n) is 9.19. The third kappa shape index (κ3) is 9.65. The lowest BCUT2D eigenvalue weighted by atomic mass is 10.1. The molecule has 0 rings (SSSR count). The van der Waals surface area contributed by atoms with Gasteiger partial charge in [0, 0.05) is 0 Å². The van der Waals surface area contributed by atoms with Crippen LogP contribution in [0.25, 0.3) is 0 Å². The highest BCUT2D eigenvalue weighted by Gasteiger charge is 2.09. The van der Waals surface area contributed by atoms with Crippen molar-refractivity contribution >= 4 is 5.97 Å². The van der Waals surface area contributed by atoms with Crippen molar-refractivity contribution in [2.45, 2.75) is 57.2 Å². The Morgan fingerprint density at radius 1 is 0.933 bits per heavy atom. The average molecular weight is 217 g/mol. The highest BCUT2D eigenvalue weighted by atomic mass is 16.4. The van der Waals surface area contributed by atoms with Crippen LogP contribution >= 0.6 is 0 Å². The Kier molecular flexibility index (Phi) is 8.27. The summed E-state index contributed by atoms with van der Waals surface area (Å²) in [7, 11) is 0. The van der Waals surface area contributed by atoms with Crippen LogP contribution in [0.2, 0.25) is 0 Å². The second-order valence-corrected chi connectivity index (χ2v) is 3.95. The Bertz CT molecular complexity index is 174. The van der Waals surface area contributed by atoms with Crippen molar-refractivity contribution in [3.63, 3.8) is 0 Å². The smallest absolute Gasteiger partial charge is 0.320 e. The molecule has 0 aromatic rings. The first-order valence-corrected chi connectivity index (χ1v) is 5.53. The van der Waals surface area contributed by atoms with Crippen LogP contribution in [-0.4, -0.2) is 23.3 Å². The van der Waals surface area contributed by atoms with Crippen molar-refractivity contribution in [3.8, 4) is 0 Å². The summed E-state index contributed by atoms with van der Waals surface area (Å²) in [6.45, 7) is 0. The van der Waals surface area contributed by atoms with Gasteiger partial charge in [0.1, 0.15) is 6.04 Å². The molecule has 0 amide bonds. The molecule has 0 spiro atoms. The van der Waals surface area contributed by atoms with Crippen LogP contribution in [0, 0.1) is 0 Å². The van der Waals surface area contributed by atoms with Gasteiger partial charge < -0.3 is 22.3 Å². The molecule has 90 valence electrons. The van der Waals surface area contributed by atoms with Crippen molar-refractivity contribution in [2.75, 3.05) is 0 Å². The van der Waals surface area contributed by atoms with Crippen LogP contribution in [0.1, 0.15) is 44.9 Å². The zero-order chi connectivity index (χ0) is 11.7. The van der Waals surface area contributed by atoms with E-state index in [9.17, 15) is 4.79 Å². The van der Waals surface area contributed by atoms with Crippen LogP contribution in [0.3, 0.4) is 0 Å². The van der Waals surface area contributed by atoms with Crippen LogP contribution < -0.4 is 17.2 Å². The van der Waals surface area contributed by atoms with E-state index in [-0.39, 0.29) is 6.17 Å².